The molecule has 0 bridgehead atoms. The van der Waals surface area contributed by atoms with E-state index in [1.165, 1.54) is 37.3 Å². The van der Waals surface area contributed by atoms with Crippen molar-refractivity contribution in [1.29, 1.82) is 5.26 Å². The summed E-state index contributed by atoms with van der Waals surface area (Å²) in [5.74, 6) is -0.325. The number of carbonyl (C=O) groups excluding carboxylic acids is 1. The zero-order valence-electron chi connectivity index (χ0n) is 18.2. The van der Waals surface area contributed by atoms with E-state index in [-0.39, 0.29) is 16.5 Å². The summed E-state index contributed by atoms with van der Waals surface area (Å²) in [6.07, 6.45) is 4.75. The number of nitrogens with zero attached hydrogens (tertiary/aromatic N) is 6. The van der Waals surface area contributed by atoms with Crippen LogP contribution in [0.5, 0.6) is 0 Å². The summed E-state index contributed by atoms with van der Waals surface area (Å²) in [6, 6.07) is 15.2. The molecule has 0 atom stereocenters. The molecule has 0 aliphatic carbocycles. The van der Waals surface area contributed by atoms with Gasteiger partial charge in [0, 0.05) is 38.6 Å². The first kappa shape index (κ1) is 22.1. The second-order valence-corrected chi connectivity index (χ2v) is 9.63. The summed E-state index contributed by atoms with van der Waals surface area (Å²) in [6.45, 7) is 0. The summed E-state index contributed by atoms with van der Waals surface area (Å²) in [7, 11) is 1.06. The van der Waals surface area contributed by atoms with Crippen LogP contribution in [-0.2, 0) is 10.0 Å². The first-order valence-electron chi connectivity index (χ1n) is 9.86. The third kappa shape index (κ3) is 4.07. The van der Waals surface area contributed by atoms with Crippen LogP contribution in [0.1, 0.15) is 16.1 Å². The highest BCUT2D eigenvalue weighted by Gasteiger charge is 2.19. The highest BCUT2D eigenvalue weighted by Crippen LogP contribution is 2.24. The van der Waals surface area contributed by atoms with Gasteiger partial charge in [-0.2, -0.15) is 5.26 Å². The van der Waals surface area contributed by atoms with Gasteiger partial charge < -0.3 is 4.90 Å². The Bertz CT molecular complexity index is 1480. The van der Waals surface area contributed by atoms with Crippen LogP contribution in [0.3, 0.4) is 0 Å². The van der Waals surface area contributed by atoms with Crippen LogP contribution >= 0.6 is 0 Å². The summed E-state index contributed by atoms with van der Waals surface area (Å²) in [4.78, 5) is 23.2. The molecule has 2 aromatic heterocycles. The first-order chi connectivity index (χ1) is 15.7. The standard InChI is InChI=1S/C23H20N6O3S/c1-27(2)33(31,32)19-10-6-17(7-11-19)21-13-26-22-14-25-20(15-29(21)22)23(30)28(3)18-8-4-16(12-24)5-9-18/h4-11,13-15H,1-3H3. The Hall–Kier alpha value is -4.07. The predicted octanol–water partition coefficient (Wildman–Crippen LogP) is 2.79. The number of amides is 1. The Kier molecular flexibility index (Phi) is 5.68. The molecule has 0 saturated heterocycles. The number of carbonyl (C=O) groups is 1. The van der Waals surface area contributed by atoms with Gasteiger partial charge in [-0.25, -0.2) is 22.7 Å². The van der Waals surface area contributed by atoms with Crippen LogP contribution in [0, 0.1) is 11.3 Å². The quantitative estimate of drug-likeness (QED) is 0.453. The van der Waals surface area contributed by atoms with Crippen molar-refractivity contribution in [2.24, 2.45) is 0 Å². The maximum atomic E-state index is 13.0. The smallest absolute Gasteiger partial charge is 0.278 e. The lowest BCUT2D eigenvalue weighted by molar-refractivity contribution is 0.0988. The fourth-order valence-corrected chi connectivity index (χ4v) is 4.17. The van der Waals surface area contributed by atoms with E-state index < -0.39 is 10.0 Å². The number of imidazole rings is 1. The SMILES string of the molecule is CN(C(=O)c1cn2c(-c3ccc(S(=O)(=O)N(C)C)cc3)cnc2cn1)c1ccc(C#N)cc1. The normalized spacial score (nSPS) is 11.5. The Morgan fingerprint density at radius 1 is 0.970 bits per heavy atom. The van der Waals surface area contributed by atoms with Gasteiger partial charge in [-0.05, 0) is 36.4 Å². The number of rotatable bonds is 5. The van der Waals surface area contributed by atoms with Crippen LogP contribution in [0.4, 0.5) is 5.69 Å². The molecule has 0 aliphatic heterocycles. The number of hydrogen-bond acceptors (Lipinski definition) is 6. The Morgan fingerprint density at radius 2 is 1.64 bits per heavy atom. The Labute approximate surface area is 191 Å². The summed E-state index contributed by atoms with van der Waals surface area (Å²) < 4.78 is 27.5. The number of benzene rings is 2. The molecule has 10 heteroatoms. The lowest BCUT2D eigenvalue weighted by Gasteiger charge is -2.17. The van der Waals surface area contributed by atoms with Crippen molar-refractivity contribution in [3.8, 4) is 17.3 Å². The number of fused-ring (bicyclic) bond motifs is 1. The molecule has 166 valence electrons. The highest BCUT2D eigenvalue weighted by atomic mass is 32.2. The minimum absolute atomic E-state index is 0.187. The monoisotopic (exact) mass is 460 g/mol. The molecular weight excluding hydrogens is 440 g/mol. The molecule has 2 heterocycles. The van der Waals surface area contributed by atoms with Crippen LogP contribution in [0.2, 0.25) is 0 Å². The molecule has 9 nitrogen and oxygen atoms in total. The molecular formula is C23H20N6O3S. The van der Waals surface area contributed by atoms with Gasteiger partial charge in [-0.3, -0.25) is 9.20 Å². The van der Waals surface area contributed by atoms with Gasteiger partial charge in [0.1, 0.15) is 5.69 Å². The van der Waals surface area contributed by atoms with Gasteiger partial charge >= 0.3 is 0 Å². The van der Waals surface area contributed by atoms with Crippen molar-refractivity contribution in [1.82, 2.24) is 18.7 Å². The molecule has 1 amide bonds. The molecule has 0 unspecified atom stereocenters. The Morgan fingerprint density at radius 3 is 2.24 bits per heavy atom. The van der Waals surface area contributed by atoms with Gasteiger partial charge in [0.2, 0.25) is 10.0 Å². The maximum Gasteiger partial charge on any atom is 0.278 e. The zero-order valence-corrected chi connectivity index (χ0v) is 19.0. The molecule has 2 aromatic carbocycles. The number of sulfonamides is 1. The lowest BCUT2D eigenvalue weighted by atomic mass is 10.2. The second-order valence-electron chi connectivity index (χ2n) is 7.48. The van der Waals surface area contributed by atoms with Gasteiger partial charge in [-0.1, -0.05) is 12.1 Å². The molecule has 0 radical (unpaired) electrons. The van der Waals surface area contributed by atoms with E-state index in [4.69, 9.17) is 5.26 Å². The van der Waals surface area contributed by atoms with Crippen molar-refractivity contribution >= 4 is 27.3 Å². The van der Waals surface area contributed by atoms with E-state index in [0.717, 1.165) is 9.87 Å². The lowest BCUT2D eigenvalue weighted by Crippen LogP contribution is -2.27. The summed E-state index contributed by atoms with van der Waals surface area (Å²) >= 11 is 0. The number of anilines is 1. The minimum Gasteiger partial charge on any atom is -0.310 e. The molecule has 0 fully saturated rings. The van der Waals surface area contributed by atoms with Gasteiger partial charge in [0.15, 0.2) is 5.65 Å². The van der Waals surface area contributed by atoms with Crippen LogP contribution in [0.25, 0.3) is 16.9 Å². The van der Waals surface area contributed by atoms with Crippen molar-refractivity contribution < 1.29 is 13.2 Å². The zero-order chi connectivity index (χ0) is 23.8. The molecule has 4 rings (SSSR count). The van der Waals surface area contributed by atoms with Gasteiger partial charge in [0.25, 0.3) is 5.91 Å². The third-order valence-electron chi connectivity index (χ3n) is 5.23. The highest BCUT2D eigenvalue weighted by molar-refractivity contribution is 7.89. The van der Waals surface area contributed by atoms with E-state index in [2.05, 4.69) is 9.97 Å². The molecule has 0 N–H and O–H groups in total. The summed E-state index contributed by atoms with van der Waals surface area (Å²) in [5, 5.41) is 8.95. The van der Waals surface area contributed by atoms with Crippen molar-refractivity contribution in [2.45, 2.75) is 4.90 Å². The number of hydrogen-bond donors (Lipinski definition) is 0. The van der Waals surface area contributed by atoms with E-state index in [0.29, 0.717) is 22.6 Å². The average Bonchev–Trinajstić information content (AvgIpc) is 3.26. The van der Waals surface area contributed by atoms with Crippen molar-refractivity contribution in [2.75, 3.05) is 26.0 Å². The first-order valence-corrected chi connectivity index (χ1v) is 11.3. The van der Waals surface area contributed by atoms with Gasteiger partial charge in [-0.15, -0.1) is 0 Å². The molecule has 4 aromatic rings. The summed E-state index contributed by atoms with van der Waals surface area (Å²) in [5.41, 5.74) is 3.32. The Balaban J connectivity index is 1.67. The fraction of sp³-hybridized carbons (Fsp3) is 0.130. The molecule has 0 aliphatic rings. The molecule has 33 heavy (non-hydrogen) atoms. The average molecular weight is 461 g/mol. The van der Waals surface area contributed by atoms with Crippen LogP contribution < -0.4 is 4.90 Å². The van der Waals surface area contributed by atoms with Crippen LogP contribution in [-0.4, -0.2) is 54.1 Å². The van der Waals surface area contributed by atoms with Crippen LogP contribution in [0.15, 0.2) is 72.0 Å². The van der Waals surface area contributed by atoms with E-state index in [1.807, 2.05) is 6.07 Å². The number of aromatic nitrogens is 3. The fourth-order valence-electron chi connectivity index (χ4n) is 3.27. The van der Waals surface area contributed by atoms with E-state index in [9.17, 15) is 13.2 Å². The maximum absolute atomic E-state index is 13.0. The van der Waals surface area contributed by atoms with E-state index >= 15 is 0 Å². The molecule has 0 saturated carbocycles. The third-order valence-corrected chi connectivity index (χ3v) is 7.06. The number of nitriles is 1. The largest absolute Gasteiger partial charge is 0.310 e. The van der Waals surface area contributed by atoms with Gasteiger partial charge in [0.05, 0.1) is 34.6 Å². The predicted molar refractivity (Wildman–Crippen MR) is 123 cm³/mol. The van der Waals surface area contributed by atoms with Crippen molar-refractivity contribution in [3.63, 3.8) is 0 Å². The topological polar surface area (TPSA) is 112 Å². The second kappa shape index (κ2) is 8.46. The minimum atomic E-state index is -3.53. The van der Waals surface area contributed by atoms with E-state index in [1.54, 1.807) is 60.2 Å². The van der Waals surface area contributed by atoms with Crippen molar-refractivity contribution in [3.05, 3.63) is 78.4 Å². The molecule has 0 spiro atoms.